The second kappa shape index (κ2) is 6.86. The van der Waals surface area contributed by atoms with Gasteiger partial charge in [-0.1, -0.05) is 28.1 Å². The van der Waals surface area contributed by atoms with Crippen molar-refractivity contribution in [1.29, 1.82) is 5.26 Å². The van der Waals surface area contributed by atoms with Crippen molar-refractivity contribution in [2.75, 3.05) is 0 Å². The van der Waals surface area contributed by atoms with Crippen molar-refractivity contribution in [3.8, 4) is 17.6 Å². The number of rotatable bonds is 5. The topological polar surface area (TPSA) is 76.2 Å². The number of ether oxygens (including phenoxy) is 1. The molecule has 0 atom stereocenters. The van der Waals surface area contributed by atoms with Gasteiger partial charge in [0.15, 0.2) is 0 Å². The number of hydrogen-bond donors (Lipinski definition) is 0. The lowest BCUT2D eigenvalue weighted by atomic mass is 10.1. The number of benzene rings is 2. The van der Waals surface area contributed by atoms with Crippen LogP contribution in [0, 0.1) is 21.4 Å². The molecule has 0 heterocycles. The fourth-order valence-corrected chi connectivity index (χ4v) is 2.22. The van der Waals surface area contributed by atoms with E-state index in [-0.39, 0.29) is 5.69 Å². The van der Waals surface area contributed by atoms with Gasteiger partial charge in [0.25, 0.3) is 5.69 Å². The molecule has 6 heteroatoms. The van der Waals surface area contributed by atoms with Gasteiger partial charge in [-0.25, -0.2) is 0 Å². The van der Waals surface area contributed by atoms with Crippen LogP contribution in [-0.2, 0) is 11.8 Å². The average molecular weight is 347 g/mol. The van der Waals surface area contributed by atoms with Gasteiger partial charge in [-0.15, -0.1) is 0 Å². The molecule has 0 bridgehead atoms. The lowest BCUT2D eigenvalue weighted by molar-refractivity contribution is -0.384. The third-order valence-corrected chi connectivity index (χ3v) is 3.44. The maximum absolute atomic E-state index is 10.8. The third kappa shape index (κ3) is 3.80. The number of nitrogens with zero attached hydrogens (tertiary/aromatic N) is 2. The standard InChI is InChI=1S/C15H11BrN2O3/c16-10-12-9-13(18(19)20)3-6-15(12)21-14-4-1-11(2-5-14)7-8-17/h1-6,9H,7,10H2. The van der Waals surface area contributed by atoms with Crippen LogP contribution in [-0.4, -0.2) is 4.92 Å². The largest absolute Gasteiger partial charge is 0.457 e. The van der Waals surface area contributed by atoms with Crippen molar-refractivity contribution in [3.05, 3.63) is 63.7 Å². The Bertz CT molecular complexity index is 693. The maximum Gasteiger partial charge on any atom is 0.270 e. The number of nitro groups is 1. The summed E-state index contributed by atoms with van der Waals surface area (Å²) in [6.07, 6.45) is 0.352. The number of hydrogen-bond acceptors (Lipinski definition) is 4. The molecule has 5 nitrogen and oxygen atoms in total. The van der Waals surface area contributed by atoms with Gasteiger partial charge < -0.3 is 4.74 Å². The molecule has 0 amide bonds. The molecule has 0 spiro atoms. The first-order valence-corrected chi connectivity index (χ1v) is 7.23. The highest BCUT2D eigenvalue weighted by Gasteiger charge is 2.11. The molecule has 0 saturated heterocycles. The summed E-state index contributed by atoms with van der Waals surface area (Å²) in [5.74, 6) is 1.18. The summed E-state index contributed by atoms with van der Waals surface area (Å²) < 4.78 is 5.73. The van der Waals surface area contributed by atoms with Gasteiger partial charge in [0.1, 0.15) is 11.5 Å². The first-order chi connectivity index (χ1) is 10.1. The van der Waals surface area contributed by atoms with Crippen molar-refractivity contribution in [2.45, 2.75) is 11.8 Å². The summed E-state index contributed by atoms with van der Waals surface area (Å²) >= 11 is 3.30. The molecule has 0 aliphatic carbocycles. The van der Waals surface area contributed by atoms with Gasteiger partial charge in [0, 0.05) is 23.0 Å². The molecule has 0 radical (unpaired) electrons. The minimum Gasteiger partial charge on any atom is -0.457 e. The molecule has 21 heavy (non-hydrogen) atoms. The number of non-ortho nitro benzene ring substituents is 1. The van der Waals surface area contributed by atoms with Crippen molar-refractivity contribution < 1.29 is 9.66 Å². The monoisotopic (exact) mass is 346 g/mol. The van der Waals surface area contributed by atoms with Crippen molar-refractivity contribution in [2.24, 2.45) is 0 Å². The minimum absolute atomic E-state index is 0.0289. The third-order valence-electron chi connectivity index (χ3n) is 2.83. The fourth-order valence-electron chi connectivity index (χ4n) is 1.78. The van der Waals surface area contributed by atoms with Crippen molar-refractivity contribution in [3.63, 3.8) is 0 Å². The summed E-state index contributed by atoms with van der Waals surface area (Å²) in [4.78, 5) is 10.3. The van der Waals surface area contributed by atoms with Gasteiger partial charge in [-0.3, -0.25) is 10.1 Å². The summed E-state index contributed by atoms with van der Waals surface area (Å²) in [5.41, 5.74) is 1.64. The van der Waals surface area contributed by atoms with E-state index in [4.69, 9.17) is 10.00 Å². The second-order valence-corrected chi connectivity index (χ2v) is 4.82. The highest BCUT2D eigenvalue weighted by Crippen LogP contribution is 2.30. The lowest BCUT2D eigenvalue weighted by Gasteiger charge is -2.09. The molecule has 106 valence electrons. The maximum atomic E-state index is 10.8. The van der Waals surface area contributed by atoms with E-state index in [1.165, 1.54) is 12.1 Å². The number of halogens is 1. The molecule has 0 aliphatic heterocycles. The lowest BCUT2D eigenvalue weighted by Crippen LogP contribution is -1.93. The Morgan fingerprint density at radius 3 is 2.52 bits per heavy atom. The molecule has 0 saturated carbocycles. The second-order valence-electron chi connectivity index (χ2n) is 4.26. The zero-order valence-electron chi connectivity index (χ0n) is 11.0. The normalized spacial score (nSPS) is 9.90. The van der Waals surface area contributed by atoms with Crippen LogP contribution < -0.4 is 4.74 Å². The molecule has 2 aromatic rings. The van der Waals surface area contributed by atoms with Crippen LogP contribution >= 0.6 is 15.9 Å². The molecule has 0 fully saturated rings. The highest BCUT2D eigenvalue weighted by molar-refractivity contribution is 9.08. The van der Waals surface area contributed by atoms with E-state index in [0.29, 0.717) is 28.8 Å². The number of nitro benzene ring substituents is 1. The van der Waals surface area contributed by atoms with E-state index in [2.05, 4.69) is 22.0 Å². The zero-order chi connectivity index (χ0) is 15.2. The summed E-state index contributed by atoms with van der Waals surface area (Å²) in [5, 5.41) is 19.8. The Kier molecular flexibility index (Phi) is 4.90. The van der Waals surface area contributed by atoms with Gasteiger partial charge >= 0.3 is 0 Å². The predicted octanol–water partition coefficient (Wildman–Crippen LogP) is 4.35. The Morgan fingerprint density at radius 2 is 1.95 bits per heavy atom. The van der Waals surface area contributed by atoms with Crippen LogP contribution in [0.3, 0.4) is 0 Å². The van der Waals surface area contributed by atoms with E-state index in [0.717, 1.165) is 5.56 Å². The van der Waals surface area contributed by atoms with Gasteiger partial charge in [0.2, 0.25) is 0 Å². The van der Waals surface area contributed by atoms with Crippen LogP contribution in [0.15, 0.2) is 42.5 Å². The van der Waals surface area contributed by atoms with Gasteiger partial charge in [-0.05, 0) is 23.8 Å². The molecular weight excluding hydrogens is 336 g/mol. The van der Waals surface area contributed by atoms with Gasteiger partial charge in [-0.2, -0.15) is 5.26 Å². The fraction of sp³-hybridized carbons (Fsp3) is 0.133. The molecule has 0 N–H and O–H groups in total. The molecule has 0 aromatic heterocycles. The first kappa shape index (κ1) is 15.0. The van der Waals surface area contributed by atoms with Crippen LogP contribution in [0.25, 0.3) is 0 Å². The smallest absolute Gasteiger partial charge is 0.270 e. The number of nitriles is 1. The predicted molar refractivity (Wildman–Crippen MR) is 81.6 cm³/mol. The summed E-state index contributed by atoms with van der Waals surface area (Å²) in [6, 6.07) is 13.7. The van der Waals surface area contributed by atoms with Crippen molar-refractivity contribution in [1.82, 2.24) is 0 Å². The Balaban J connectivity index is 2.22. The molecular formula is C15H11BrN2O3. The quantitative estimate of drug-likeness (QED) is 0.458. The van der Waals surface area contributed by atoms with E-state index < -0.39 is 4.92 Å². The van der Waals surface area contributed by atoms with E-state index in [1.807, 2.05) is 12.1 Å². The Hall–Kier alpha value is -2.39. The van der Waals surface area contributed by atoms with Crippen LogP contribution in [0.2, 0.25) is 0 Å². The highest BCUT2D eigenvalue weighted by atomic mass is 79.9. The van der Waals surface area contributed by atoms with Crippen LogP contribution in [0.5, 0.6) is 11.5 Å². The molecule has 0 unspecified atom stereocenters. The Morgan fingerprint density at radius 1 is 1.24 bits per heavy atom. The Labute approximate surface area is 130 Å². The molecule has 0 aliphatic rings. The van der Waals surface area contributed by atoms with E-state index >= 15 is 0 Å². The molecule has 2 rings (SSSR count). The van der Waals surface area contributed by atoms with E-state index in [1.54, 1.807) is 18.2 Å². The van der Waals surface area contributed by atoms with E-state index in [9.17, 15) is 10.1 Å². The van der Waals surface area contributed by atoms with Crippen LogP contribution in [0.1, 0.15) is 11.1 Å². The summed E-state index contributed by atoms with van der Waals surface area (Å²) in [6.45, 7) is 0. The summed E-state index contributed by atoms with van der Waals surface area (Å²) in [7, 11) is 0. The average Bonchev–Trinajstić information content (AvgIpc) is 2.49. The SMILES string of the molecule is N#CCc1ccc(Oc2ccc([N+](=O)[O-])cc2CBr)cc1. The first-order valence-electron chi connectivity index (χ1n) is 6.11. The van der Waals surface area contributed by atoms with Gasteiger partial charge in [0.05, 0.1) is 17.4 Å². The van der Waals surface area contributed by atoms with Crippen molar-refractivity contribution >= 4 is 21.6 Å². The van der Waals surface area contributed by atoms with Crippen LogP contribution in [0.4, 0.5) is 5.69 Å². The molecule has 2 aromatic carbocycles. The zero-order valence-corrected chi connectivity index (χ0v) is 12.5. The number of alkyl halides is 1. The minimum atomic E-state index is -0.438.